The number of aromatic nitrogens is 3. The summed E-state index contributed by atoms with van der Waals surface area (Å²) in [7, 11) is 0. The van der Waals surface area contributed by atoms with Gasteiger partial charge in [0.25, 0.3) is 0 Å². The van der Waals surface area contributed by atoms with Gasteiger partial charge in [0.1, 0.15) is 5.82 Å². The molecular formula is C24H23FN4. The highest BCUT2D eigenvalue weighted by molar-refractivity contribution is 5.78. The van der Waals surface area contributed by atoms with Crippen molar-refractivity contribution in [2.24, 2.45) is 0 Å². The van der Waals surface area contributed by atoms with Gasteiger partial charge in [-0.3, -0.25) is 15.0 Å². The highest BCUT2D eigenvalue weighted by atomic mass is 19.1. The maximum Gasteiger partial charge on any atom is 0.123 e. The van der Waals surface area contributed by atoms with Crippen LogP contribution in [0.15, 0.2) is 67.0 Å². The fourth-order valence-electron chi connectivity index (χ4n) is 4.41. The van der Waals surface area contributed by atoms with Gasteiger partial charge in [-0.1, -0.05) is 24.3 Å². The zero-order valence-electron chi connectivity index (χ0n) is 16.2. The molecule has 1 aliphatic rings. The van der Waals surface area contributed by atoms with Crippen LogP contribution in [0.25, 0.3) is 22.0 Å². The van der Waals surface area contributed by atoms with E-state index in [4.69, 9.17) is 0 Å². The first kappa shape index (κ1) is 18.0. The lowest BCUT2D eigenvalue weighted by molar-refractivity contribution is 0.198. The van der Waals surface area contributed by atoms with Gasteiger partial charge >= 0.3 is 0 Å². The van der Waals surface area contributed by atoms with Crippen molar-refractivity contribution in [1.29, 1.82) is 0 Å². The van der Waals surface area contributed by atoms with Crippen LogP contribution in [0, 0.1) is 5.82 Å². The van der Waals surface area contributed by atoms with Crippen molar-refractivity contribution in [2.75, 3.05) is 13.1 Å². The lowest BCUT2D eigenvalue weighted by Gasteiger charge is -2.32. The number of benzene rings is 2. The van der Waals surface area contributed by atoms with Crippen molar-refractivity contribution < 1.29 is 4.39 Å². The Morgan fingerprint density at radius 3 is 3.00 bits per heavy atom. The highest BCUT2D eigenvalue weighted by Crippen LogP contribution is 2.33. The van der Waals surface area contributed by atoms with Crippen LogP contribution in [0.4, 0.5) is 4.39 Å². The number of aromatic amines is 1. The lowest BCUT2D eigenvalue weighted by Crippen LogP contribution is -2.34. The fraction of sp³-hybridized carbons (Fsp3) is 0.250. The summed E-state index contributed by atoms with van der Waals surface area (Å²) in [5.74, 6) is 0.150. The smallest absolute Gasteiger partial charge is 0.123 e. The minimum absolute atomic E-state index is 0.217. The molecule has 4 aromatic rings. The van der Waals surface area contributed by atoms with Gasteiger partial charge in [-0.2, -0.15) is 5.10 Å². The van der Waals surface area contributed by atoms with E-state index in [0.717, 1.165) is 54.8 Å². The zero-order chi connectivity index (χ0) is 19.6. The third kappa shape index (κ3) is 3.78. The van der Waals surface area contributed by atoms with E-state index in [-0.39, 0.29) is 5.82 Å². The van der Waals surface area contributed by atoms with Crippen molar-refractivity contribution in [3.05, 3.63) is 84.1 Å². The van der Waals surface area contributed by atoms with Gasteiger partial charge in [0.2, 0.25) is 0 Å². The van der Waals surface area contributed by atoms with Crippen molar-refractivity contribution >= 4 is 10.9 Å². The average molecular weight is 386 g/mol. The second-order valence-electron chi connectivity index (χ2n) is 7.81. The molecule has 2 aromatic carbocycles. The third-order valence-electron chi connectivity index (χ3n) is 5.79. The normalized spacial score (nSPS) is 17.6. The first-order valence-corrected chi connectivity index (χ1v) is 10.1. The summed E-state index contributed by atoms with van der Waals surface area (Å²) < 4.78 is 13.7. The summed E-state index contributed by atoms with van der Waals surface area (Å²) in [6.45, 7) is 2.98. The Hall–Kier alpha value is -3.05. The molecule has 3 heterocycles. The summed E-state index contributed by atoms with van der Waals surface area (Å²) in [5.41, 5.74) is 5.34. The standard InChI is InChI=1S/C24H23FN4/c25-21-7-1-4-18(13-21)22-14-27-28-24(22)20-6-3-11-29(16-20)15-17-8-9-23-19(12-17)5-2-10-26-23/h1-2,4-5,7-10,12-14,20H,3,6,11,15-16H2,(H,27,28)/t20-/m0/s1. The molecule has 0 spiro atoms. The molecular weight excluding hydrogens is 363 g/mol. The topological polar surface area (TPSA) is 44.8 Å². The fourth-order valence-corrected chi connectivity index (χ4v) is 4.41. The van der Waals surface area contributed by atoms with E-state index in [1.54, 1.807) is 12.1 Å². The quantitative estimate of drug-likeness (QED) is 0.528. The Morgan fingerprint density at radius 2 is 2.07 bits per heavy atom. The van der Waals surface area contributed by atoms with Crippen LogP contribution in [0.2, 0.25) is 0 Å². The number of rotatable bonds is 4. The molecule has 5 heteroatoms. The number of likely N-dealkylation sites (tertiary alicyclic amines) is 1. The molecule has 146 valence electrons. The van der Waals surface area contributed by atoms with Gasteiger partial charge in [0.15, 0.2) is 0 Å². The van der Waals surface area contributed by atoms with Gasteiger partial charge in [-0.25, -0.2) is 4.39 Å². The Morgan fingerprint density at radius 1 is 1.10 bits per heavy atom. The van der Waals surface area contributed by atoms with Crippen LogP contribution in [0.5, 0.6) is 0 Å². The van der Waals surface area contributed by atoms with Crippen LogP contribution >= 0.6 is 0 Å². The van der Waals surface area contributed by atoms with E-state index < -0.39 is 0 Å². The van der Waals surface area contributed by atoms with E-state index in [1.165, 1.54) is 17.0 Å². The zero-order valence-corrected chi connectivity index (χ0v) is 16.2. The SMILES string of the molecule is Fc1cccc(-c2cn[nH]c2[C@H]2CCCN(Cc3ccc4ncccc4c3)C2)c1. The number of pyridine rings is 1. The second kappa shape index (κ2) is 7.76. The summed E-state index contributed by atoms with van der Waals surface area (Å²) in [5, 5.41) is 8.65. The van der Waals surface area contributed by atoms with Gasteiger partial charge in [0, 0.05) is 41.8 Å². The molecule has 2 aromatic heterocycles. The predicted octanol–water partition coefficient (Wildman–Crippen LogP) is 5.14. The van der Waals surface area contributed by atoms with Gasteiger partial charge < -0.3 is 0 Å². The minimum Gasteiger partial charge on any atom is -0.298 e. The molecule has 1 atom stereocenters. The van der Waals surface area contributed by atoms with Crippen LogP contribution in [0.3, 0.4) is 0 Å². The van der Waals surface area contributed by atoms with Gasteiger partial charge in [-0.05, 0) is 60.8 Å². The van der Waals surface area contributed by atoms with E-state index in [1.807, 2.05) is 24.5 Å². The van der Waals surface area contributed by atoms with Crippen LogP contribution in [0.1, 0.15) is 30.0 Å². The van der Waals surface area contributed by atoms with E-state index in [9.17, 15) is 4.39 Å². The molecule has 29 heavy (non-hydrogen) atoms. The molecule has 5 rings (SSSR count). The number of hydrogen-bond donors (Lipinski definition) is 1. The van der Waals surface area contributed by atoms with Crippen molar-refractivity contribution in [1.82, 2.24) is 20.1 Å². The second-order valence-corrected chi connectivity index (χ2v) is 7.81. The maximum absolute atomic E-state index is 13.7. The molecule has 4 nitrogen and oxygen atoms in total. The number of H-pyrrole nitrogens is 1. The van der Waals surface area contributed by atoms with Crippen molar-refractivity contribution in [2.45, 2.75) is 25.3 Å². The first-order valence-electron chi connectivity index (χ1n) is 10.1. The third-order valence-corrected chi connectivity index (χ3v) is 5.79. The monoisotopic (exact) mass is 386 g/mol. The Bertz CT molecular complexity index is 1140. The van der Waals surface area contributed by atoms with Gasteiger partial charge in [0.05, 0.1) is 11.7 Å². The maximum atomic E-state index is 13.7. The average Bonchev–Trinajstić information content (AvgIpc) is 3.24. The molecule has 0 unspecified atom stereocenters. The van der Waals surface area contributed by atoms with Gasteiger partial charge in [-0.15, -0.1) is 0 Å². The predicted molar refractivity (Wildman–Crippen MR) is 113 cm³/mol. The molecule has 0 amide bonds. The number of nitrogens with one attached hydrogen (secondary N) is 1. The van der Waals surface area contributed by atoms with Crippen LogP contribution < -0.4 is 0 Å². The van der Waals surface area contributed by atoms with Crippen molar-refractivity contribution in [3.63, 3.8) is 0 Å². The molecule has 0 radical (unpaired) electrons. The minimum atomic E-state index is -0.217. The molecule has 1 aliphatic heterocycles. The summed E-state index contributed by atoms with van der Waals surface area (Å²) in [4.78, 5) is 6.91. The number of hydrogen-bond acceptors (Lipinski definition) is 3. The number of piperidine rings is 1. The molecule has 0 aliphatic carbocycles. The summed E-state index contributed by atoms with van der Waals surface area (Å²) in [6.07, 6.45) is 5.90. The highest BCUT2D eigenvalue weighted by Gasteiger charge is 2.25. The first-order chi connectivity index (χ1) is 14.3. The number of fused-ring (bicyclic) bond motifs is 1. The molecule has 0 saturated carbocycles. The summed E-state index contributed by atoms with van der Waals surface area (Å²) in [6, 6.07) is 17.4. The summed E-state index contributed by atoms with van der Waals surface area (Å²) >= 11 is 0. The largest absolute Gasteiger partial charge is 0.298 e. The number of nitrogens with zero attached hydrogens (tertiary/aromatic N) is 3. The van der Waals surface area contributed by atoms with E-state index in [2.05, 4.69) is 44.3 Å². The van der Waals surface area contributed by atoms with E-state index >= 15 is 0 Å². The molecule has 1 saturated heterocycles. The van der Waals surface area contributed by atoms with E-state index in [0.29, 0.717) is 5.92 Å². The van der Waals surface area contributed by atoms with Crippen molar-refractivity contribution in [3.8, 4) is 11.1 Å². The number of halogens is 1. The van der Waals surface area contributed by atoms with Crippen LogP contribution in [-0.2, 0) is 6.54 Å². The van der Waals surface area contributed by atoms with Crippen LogP contribution in [-0.4, -0.2) is 33.2 Å². The lowest BCUT2D eigenvalue weighted by atomic mass is 9.90. The Kier molecular flexibility index (Phi) is 4.82. The molecule has 0 bridgehead atoms. The Labute approximate surface area is 169 Å². The Balaban J connectivity index is 1.35. The molecule has 1 fully saturated rings. The molecule has 1 N–H and O–H groups in total.